The van der Waals surface area contributed by atoms with Gasteiger partial charge in [-0.25, -0.2) is 0 Å². The van der Waals surface area contributed by atoms with Crippen LogP contribution in [0.25, 0.3) is 0 Å². The predicted molar refractivity (Wildman–Crippen MR) is 84.1 cm³/mol. The van der Waals surface area contributed by atoms with Gasteiger partial charge in [-0.3, -0.25) is 14.6 Å². The third-order valence-corrected chi connectivity index (χ3v) is 4.13. The summed E-state index contributed by atoms with van der Waals surface area (Å²) in [6.07, 6.45) is 0.895. The zero-order chi connectivity index (χ0) is 16.8. The molecule has 1 aromatic rings. The van der Waals surface area contributed by atoms with E-state index in [2.05, 4.69) is 4.99 Å². The first-order valence-corrected chi connectivity index (χ1v) is 7.86. The van der Waals surface area contributed by atoms with Gasteiger partial charge >= 0.3 is 0 Å². The summed E-state index contributed by atoms with van der Waals surface area (Å²) >= 11 is 0. The van der Waals surface area contributed by atoms with E-state index in [0.29, 0.717) is 18.6 Å². The third kappa shape index (κ3) is 4.34. The number of nitrogens with zero attached hydrogens (tertiary/aromatic N) is 1. The van der Waals surface area contributed by atoms with Crippen LogP contribution in [0.4, 0.5) is 0 Å². The fourth-order valence-corrected chi connectivity index (χ4v) is 2.97. The molecule has 1 aromatic carbocycles. The van der Waals surface area contributed by atoms with Crippen molar-refractivity contribution < 1.29 is 19.5 Å². The number of carboxylic acids is 1. The van der Waals surface area contributed by atoms with Crippen molar-refractivity contribution in [2.24, 2.45) is 10.9 Å². The minimum atomic E-state index is -1.19. The summed E-state index contributed by atoms with van der Waals surface area (Å²) in [5.41, 5.74) is 1.55. The highest BCUT2D eigenvalue weighted by atomic mass is 16.4. The molecule has 0 aliphatic heterocycles. The Hall–Kier alpha value is -2.30. The average molecular weight is 314 g/mol. The van der Waals surface area contributed by atoms with Gasteiger partial charge < -0.3 is 9.90 Å². The molecule has 2 rings (SSSR count). The Labute approximate surface area is 135 Å². The lowest BCUT2D eigenvalue weighted by Crippen LogP contribution is -2.38. The molecule has 122 valence electrons. The molecule has 0 N–H and O–H groups in total. The Balaban J connectivity index is 2.24. The van der Waals surface area contributed by atoms with Gasteiger partial charge in [0.25, 0.3) is 0 Å². The van der Waals surface area contributed by atoms with Crippen LogP contribution >= 0.6 is 0 Å². The summed E-state index contributed by atoms with van der Waals surface area (Å²) in [6.45, 7) is 1.76. The maximum Gasteiger partial charge on any atom is 0.149 e. The van der Waals surface area contributed by atoms with Gasteiger partial charge in [-0.15, -0.1) is 0 Å². The molecule has 5 heteroatoms. The van der Waals surface area contributed by atoms with Crippen molar-refractivity contribution in [3.63, 3.8) is 0 Å². The Bertz CT molecular complexity index is 621. The molecule has 0 bridgehead atoms. The monoisotopic (exact) mass is 314 g/mol. The van der Waals surface area contributed by atoms with E-state index in [-0.39, 0.29) is 36.9 Å². The second kappa shape index (κ2) is 7.81. The number of carbonyl (C=O) groups excluding carboxylic acids is 3. The molecule has 1 aliphatic carbocycles. The van der Waals surface area contributed by atoms with E-state index in [9.17, 15) is 19.5 Å². The first-order chi connectivity index (χ1) is 11.0. The second-order valence-electron chi connectivity index (χ2n) is 5.73. The lowest BCUT2D eigenvalue weighted by atomic mass is 9.74. The normalized spacial score (nSPS) is 23.0. The van der Waals surface area contributed by atoms with E-state index in [1.54, 1.807) is 6.92 Å². The lowest BCUT2D eigenvalue weighted by Gasteiger charge is -2.28. The number of aliphatic imine (C=N–C) groups is 1. The van der Waals surface area contributed by atoms with Gasteiger partial charge in [0.2, 0.25) is 0 Å². The summed E-state index contributed by atoms with van der Waals surface area (Å²) in [4.78, 5) is 39.4. The number of hydrogen-bond acceptors (Lipinski definition) is 5. The topological polar surface area (TPSA) is 86.6 Å². The predicted octanol–water partition coefficient (Wildman–Crippen LogP) is 1.31. The quantitative estimate of drug-likeness (QED) is 0.741. The van der Waals surface area contributed by atoms with Crippen LogP contribution < -0.4 is 5.11 Å². The minimum absolute atomic E-state index is 0.00805. The Morgan fingerprint density at radius 2 is 1.91 bits per heavy atom. The zero-order valence-corrected chi connectivity index (χ0v) is 13.2. The number of Topliss-reactive ketones (excluding diaryl/α,β-unsaturated/α-hetero) is 2. The molecule has 2 atom stereocenters. The fraction of sp³-hybridized carbons (Fsp3) is 0.444. The van der Waals surface area contributed by atoms with E-state index in [1.165, 1.54) is 0 Å². The number of benzene rings is 1. The summed E-state index contributed by atoms with van der Waals surface area (Å²) in [7, 11) is 0. The van der Waals surface area contributed by atoms with Crippen molar-refractivity contribution in [2.45, 2.75) is 38.5 Å². The first-order valence-electron chi connectivity index (χ1n) is 7.86. The molecule has 0 unspecified atom stereocenters. The summed E-state index contributed by atoms with van der Waals surface area (Å²) in [5, 5.41) is 10.5. The van der Waals surface area contributed by atoms with Crippen LogP contribution in [0.5, 0.6) is 0 Å². The molecule has 0 heterocycles. The van der Waals surface area contributed by atoms with E-state index >= 15 is 0 Å². The smallest absolute Gasteiger partial charge is 0.149 e. The van der Waals surface area contributed by atoms with Crippen molar-refractivity contribution in [1.29, 1.82) is 0 Å². The van der Waals surface area contributed by atoms with E-state index < -0.39 is 11.9 Å². The standard InChI is InChI=1S/C18H21NO4/c1-2-15(20)18-14(19-9-8-17(22)23)10-13(11-16(18)21)12-6-4-3-5-7-12/h3-7,13,18H,2,8-11H2,1H3,(H,22,23)/p-1/t13-,18+/m0/s1. The number of hydrogen-bond donors (Lipinski definition) is 0. The molecular weight excluding hydrogens is 294 g/mol. The van der Waals surface area contributed by atoms with E-state index in [0.717, 1.165) is 5.56 Å². The van der Waals surface area contributed by atoms with Gasteiger partial charge in [0.05, 0.1) is 0 Å². The van der Waals surface area contributed by atoms with E-state index in [4.69, 9.17) is 0 Å². The van der Waals surface area contributed by atoms with Crippen LogP contribution in [0.15, 0.2) is 35.3 Å². The second-order valence-corrected chi connectivity index (χ2v) is 5.73. The van der Waals surface area contributed by atoms with Crippen molar-refractivity contribution in [2.75, 3.05) is 6.54 Å². The maximum atomic E-state index is 12.5. The number of ketones is 2. The summed E-state index contributed by atoms with van der Waals surface area (Å²) in [6, 6.07) is 9.65. The Morgan fingerprint density at radius 1 is 1.22 bits per heavy atom. The maximum absolute atomic E-state index is 12.5. The average Bonchev–Trinajstić information content (AvgIpc) is 2.54. The number of aliphatic carboxylic acids is 1. The van der Waals surface area contributed by atoms with Crippen molar-refractivity contribution in [1.82, 2.24) is 0 Å². The molecule has 1 saturated carbocycles. The first kappa shape index (κ1) is 17.1. The Kier molecular flexibility index (Phi) is 5.79. The molecule has 0 saturated heterocycles. The molecule has 0 aromatic heterocycles. The van der Waals surface area contributed by atoms with Gasteiger partial charge in [-0.05, 0) is 17.9 Å². The van der Waals surface area contributed by atoms with Crippen molar-refractivity contribution >= 4 is 23.2 Å². The van der Waals surface area contributed by atoms with Crippen LogP contribution in [0, 0.1) is 5.92 Å². The highest BCUT2D eigenvalue weighted by Gasteiger charge is 2.37. The highest BCUT2D eigenvalue weighted by molar-refractivity contribution is 6.22. The van der Waals surface area contributed by atoms with Crippen LogP contribution in [0.3, 0.4) is 0 Å². The SMILES string of the molecule is CCC(=O)[C@@H]1C(=O)C[C@@H](c2ccccc2)CC1=NCCC(=O)[O-]. The third-order valence-electron chi connectivity index (χ3n) is 4.13. The van der Waals surface area contributed by atoms with E-state index in [1.807, 2.05) is 30.3 Å². The van der Waals surface area contributed by atoms with Crippen molar-refractivity contribution in [3.8, 4) is 0 Å². The summed E-state index contributed by atoms with van der Waals surface area (Å²) < 4.78 is 0. The Morgan fingerprint density at radius 3 is 2.52 bits per heavy atom. The highest BCUT2D eigenvalue weighted by Crippen LogP contribution is 2.33. The van der Waals surface area contributed by atoms with Crippen LogP contribution in [-0.2, 0) is 14.4 Å². The molecule has 23 heavy (non-hydrogen) atoms. The van der Waals surface area contributed by atoms with Crippen LogP contribution in [0.2, 0.25) is 0 Å². The molecular formula is C18H20NO4-. The lowest BCUT2D eigenvalue weighted by molar-refractivity contribution is -0.305. The molecule has 5 nitrogen and oxygen atoms in total. The molecule has 0 amide bonds. The molecule has 1 aliphatic rings. The minimum Gasteiger partial charge on any atom is -0.550 e. The number of carbonyl (C=O) groups is 3. The van der Waals surface area contributed by atoms with Gasteiger partial charge in [-0.2, -0.15) is 0 Å². The fourth-order valence-electron chi connectivity index (χ4n) is 2.97. The van der Waals surface area contributed by atoms with Gasteiger partial charge in [-0.1, -0.05) is 37.3 Å². The molecule has 0 spiro atoms. The van der Waals surface area contributed by atoms with Gasteiger partial charge in [0, 0.05) is 37.5 Å². The zero-order valence-electron chi connectivity index (χ0n) is 13.2. The number of rotatable bonds is 6. The van der Waals surface area contributed by atoms with Crippen molar-refractivity contribution in [3.05, 3.63) is 35.9 Å². The largest absolute Gasteiger partial charge is 0.550 e. The number of carboxylic acid groups (broad SMARTS) is 1. The van der Waals surface area contributed by atoms with Gasteiger partial charge in [0.15, 0.2) is 0 Å². The molecule has 1 fully saturated rings. The summed E-state index contributed by atoms with van der Waals surface area (Å²) in [5.74, 6) is -2.26. The van der Waals surface area contributed by atoms with Crippen LogP contribution in [0.1, 0.15) is 44.1 Å². The van der Waals surface area contributed by atoms with Crippen LogP contribution in [-0.4, -0.2) is 29.8 Å². The van der Waals surface area contributed by atoms with Gasteiger partial charge in [0.1, 0.15) is 17.5 Å². The molecule has 0 radical (unpaired) electrons.